The Morgan fingerprint density at radius 2 is 1.62 bits per heavy atom. The minimum Gasteiger partial charge on any atom is -0.493 e. The Balaban J connectivity index is 1.54. The van der Waals surface area contributed by atoms with Crippen LogP contribution in [0.15, 0.2) is 66.7 Å². The molecule has 29 heavy (non-hydrogen) atoms. The summed E-state index contributed by atoms with van der Waals surface area (Å²) in [4.78, 5) is 17.2. The second kappa shape index (κ2) is 8.20. The third kappa shape index (κ3) is 4.14. The number of carbonyl (C=O) groups excluding carboxylic acids is 1. The predicted octanol–water partition coefficient (Wildman–Crippen LogP) is 5.36. The quantitative estimate of drug-likeness (QED) is 0.467. The van der Waals surface area contributed by atoms with Crippen LogP contribution in [0.3, 0.4) is 0 Å². The van der Waals surface area contributed by atoms with Crippen LogP contribution in [0.1, 0.15) is 10.4 Å². The first-order valence-corrected chi connectivity index (χ1v) is 9.65. The van der Waals surface area contributed by atoms with Gasteiger partial charge in [-0.05, 0) is 30.3 Å². The van der Waals surface area contributed by atoms with Gasteiger partial charge in [0, 0.05) is 17.7 Å². The van der Waals surface area contributed by atoms with Gasteiger partial charge in [-0.1, -0.05) is 35.6 Å². The summed E-state index contributed by atoms with van der Waals surface area (Å²) in [5.74, 6) is 2.24. The first kappa shape index (κ1) is 18.8. The van der Waals surface area contributed by atoms with Gasteiger partial charge in [-0.3, -0.25) is 10.1 Å². The number of amides is 1. The fourth-order valence-electron chi connectivity index (χ4n) is 2.80. The molecule has 7 heteroatoms. The molecule has 0 fully saturated rings. The maximum Gasteiger partial charge on any atom is 0.257 e. The molecule has 0 unspecified atom stereocenters. The lowest BCUT2D eigenvalue weighted by atomic mass is 10.2. The van der Waals surface area contributed by atoms with Crippen LogP contribution >= 0.6 is 11.3 Å². The van der Waals surface area contributed by atoms with Crippen LogP contribution in [-0.4, -0.2) is 25.1 Å². The highest BCUT2D eigenvalue weighted by Crippen LogP contribution is 2.36. The van der Waals surface area contributed by atoms with Crippen LogP contribution in [0.5, 0.6) is 23.0 Å². The Kier molecular flexibility index (Phi) is 5.31. The molecule has 0 saturated heterocycles. The molecule has 0 atom stereocenters. The summed E-state index contributed by atoms with van der Waals surface area (Å²) < 4.78 is 17.3. The number of fused-ring (bicyclic) bond motifs is 1. The molecule has 1 amide bonds. The third-order valence-electron chi connectivity index (χ3n) is 4.19. The lowest BCUT2D eigenvalue weighted by molar-refractivity contribution is 0.102. The van der Waals surface area contributed by atoms with Crippen LogP contribution in [0, 0.1) is 0 Å². The van der Waals surface area contributed by atoms with Crippen molar-refractivity contribution in [1.29, 1.82) is 0 Å². The van der Waals surface area contributed by atoms with Gasteiger partial charge in [0.2, 0.25) is 0 Å². The number of hydrogen-bond donors (Lipinski definition) is 1. The Bertz CT molecular complexity index is 1120. The molecule has 0 radical (unpaired) electrons. The van der Waals surface area contributed by atoms with E-state index in [1.807, 2.05) is 36.4 Å². The highest BCUT2D eigenvalue weighted by atomic mass is 32.1. The van der Waals surface area contributed by atoms with Gasteiger partial charge in [-0.2, -0.15) is 0 Å². The van der Waals surface area contributed by atoms with Crippen molar-refractivity contribution in [2.75, 3.05) is 19.5 Å². The van der Waals surface area contributed by atoms with E-state index in [9.17, 15) is 4.79 Å². The number of benzene rings is 3. The van der Waals surface area contributed by atoms with Gasteiger partial charge in [-0.15, -0.1) is 0 Å². The first-order chi connectivity index (χ1) is 14.2. The van der Waals surface area contributed by atoms with Crippen LogP contribution in [0.2, 0.25) is 0 Å². The monoisotopic (exact) mass is 406 g/mol. The van der Waals surface area contributed by atoms with Gasteiger partial charge in [0.05, 0.1) is 24.4 Å². The molecule has 6 nitrogen and oxygen atoms in total. The highest BCUT2D eigenvalue weighted by molar-refractivity contribution is 7.22. The number of anilines is 1. The molecule has 0 saturated carbocycles. The number of para-hydroxylation sites is 1. The van der Waals surface area contributed by atoms with E-state index < -0.39 is 0 Å². The van der Waals surface area contributed by atoms with Crippen LogP contribution in [0.25, 0.3) is 10.2 Å². The van der Waals surface area contributed by atoms with E-state index >= 15 is 0 Å². The fourth-order valence-corrected chi connectivity index (χ4v) is 3.67. The Morgan fingerprint density at radius 1 is 0.897 bits per heavy atom. The normalized spacial score (nSPS) is 10.6. The smallest absolute Gasteiger partial charge is 0.257 e. The molecule has 3 aromatic carbocycles. The number of nitrogens with zero attached hydrogens (tertiary/aromatic N) is 1. The van der Waals surface area contributed by atoms with E-state index in [0.29, 0.717) is 33.7 Å². The van der Waals surface area contributed by atoms with Crippen LogP contribution < -0.4 is 19.5 Å². The van der Waals surface area contributed by atoms with Crippen molar-refractivity contribution in [1.82, 2.24) is 4.98 Å². The fraction of sp³-hybridized carbons (Fsp3) is 0.0909. The van der Waals surface area contributed by atoms with Gasteiger partial charge in [0.25, 0.3) is 5.91 Å². The number of methoxy groups -OCH3 is 2. The van der Waals surface area contributed by atoms with E-state index in [0.717, 1.165) is 10.2 Å². The van der Waals surface area contributed by atoms with Gasteiger partial charge in [-0.25, -0.2) is 4.98 Å². The standard InChI is InChI=1S/C22H18N2O4S/c1-26-18-12-17-20(13-19(18)27-2)29-22(23-17)24-21(25)14-7-6-10-16(11-14)28-15-8-4-3-5-9-15/h3-13H,1-2H3,(H,23,24,25). The maximum atomic E-state index is 12.7. The van der Waals surface area contributed by atoms with E-state index in [4.69, 9.17) is 14.2 Å². The number of aromatic nitrogens is 1. The Hall–Kier alpha value is -3.58. The van der Waals surface area contributed by atoms with E-state index in [1.165, 1.54) is 11.3 Å². The van der Waals surface area contributed by atoms with Crippen LogP contribution in [0.4, 0.5) is 5.13 Å². The van der Waals surface area contributed by atoms with Crippen molar-refractivity contribution in [3.05, 3.63) is 72.3 Å². The molecule has 146 valence electrons. The van der Waals surface area contributed by atoms with Gasteiger partial charge >= 0.3 is 0 Å². The number of thiazole rings is 1. The minimum absolute atomic E-state index is 0.263. The molecule has 4 rings (SSSR count). The van der Waals surface area contributed by atoms with E-state index in [1.54, 1.807) is 44.6 Å². The lowest BCUT2D eigenvalue weighted by Crippen LogP contribution is -2.11. The van der Waals surface area contributed by atoms with Gasteiger partial charge in [0.1, 0.15) is 11.5 Å². The number of ether oxygens (including phenoxy) is 3. The first-order valence-electron chi connectivity index (χ1n) is 8.83. The summed E-state index contributed by atoms with van der Waals surface area (Å²) in [5, 5.41) is 3.34. The van der Waals surface area contributed by atoms with Crippen molar-refractivity contribution in [2.24, 2.45) is 0 Å². The van der Waals surface area contributed by atoms with Crippen molar-refractivity contribution in [3.63, 3.8) is 0 Å². The summed E-state index contributed by atoms with van der Waals surface area (Å²) >= 11 is 1.37. The topological polar surface area (TPSA) is 69.7 Å². The molecular formula is C22H18N2O4S. The number of rotatable bonds is 6. The van der Waals surface area contributed by atoms with Crippen molar-refractivity contribution >= 4 is 32.6 Å². The van der Waals surface area contributed by atoms with Gasteiger partial charge in [0.15, 0.2) is 16.6 Å². The zero-order valence-corrected chi connectivity index (χ0v) is 16.7. The average molecular weight is 406 g/mol. The zero-order chi connectivity index (χ0) is 20.2. The molecule has 0 aliphatic heterocycles. The van der Waals surface area contributed by atoms with Crippen molar-refractivity contribution < 1.29 is 19.0 Å². The largest absolute Gasteiger partial charge is 0.493 e. The second-order valence-corrected chi connectivity index (χ2v) is 7.12. The predicted molar refractivity (Wildman–Crippen MR) is 114 cm³/mol. The minimum atomic E-state index is -0.263. The highest BCUT2D eigenvalue weighted by Gasteiger charge is 2.14. The lowest BCUT2D eigenvalue weighted by Gasteiger charge is -2.07. The summed E-state index contributed by atoms with van der Waals surface area (Å²) in [6.45, 7) is 0. The van der Waals surface area contributed by atoms with E-state index in [-0.39, 0.29) is 5.91 Å². The number of hydrogen-bond acceptors (Lipinski definition) is 6. The SMILES string of the molecule is COc1cc2nc(NC(=O)c3cccc(Oc4ccccc4)c3)sc2cc1OC. The summed E-state index contributed by atoms with van der Waals surface area (Å²) in [6.07, 6.45) is 0. The summed E-state index contributed by atoms with van der Waals surface area (Å²) in [7, 11) is 3.15. The second-order valence-electron chi connectivity index (χ2n) is 6.09. The van der Waals surface area contributed by atoms with Gasteiger partial charge < -0.3 is 14.2 Å². The summed E-state index contributed by atoms with van der Waals surface area (Å²) in [6, 6.07) is 20.1. The third-order valence-corrected chi connectivity index (χ3v) is 5.12. The van der Waals surface area contributed by atoms with Crippen LogP contribution in [-0.2, 0) is 0 Å². The average Bonchev–Trinajstić information content (AvgIpc) is 3.14. The molecule has 4 aromatic rings. The molecule has 0 aliphatic rings. The molecule has 1 heterocycles. The zero-order valence-electron chi connectivity index (χ0n) is 15.8. The van der Waals surface area contributed by atoms with E-state index in [2.05, 4.69) is 10.3 Å². The number of nitrogens with one attached hydrogen (secondary N) is 1. The maximum absolute atomic E-state index is 12.7. The molecular weight excluding hydrogens is 388 g/mol. The molecule has 1 N–H and O–H groups in total. The molecule has 0 aliphatic carbocycles. The number of carbonyl (C=O) groups is 1. The molecule has 0 bridgehead atoms. The van der Waals surface area contributed by atoms with Crippen molar-refractivity contribution in [2.45, 2.75) is 0 Å². The Labute approximate surface area is 171 Å². The molecule has 1 aromatic heterocycles. The Morgan fingerprint density at radius 3 is 2.38 bits per heavy atom. The molecule has 0 spiro atoms. The van der Waals surface area contributed by atoms with Crippen molar-refractivity contribution in [3.8, 4) is 23.0 Å². The summed E-state index contributed by atoms with van der Waals surface area (Å²) in [5.41, 5.74) is 1.21.